The molecule has 1 aromatic rings. The number of benzene rings is 1. The summed E-state index contributed by atoms with van der Waals surface area (Å²) in [7, 11) is 1.30. The highest BCUT2D eigenvalue weighted by Gasteiger charge is 2.31. The fourth-order valence-electron chi connectivity index (χ4n) is 2.07. The van der Waals surface area contributed by atoms with E-state index in [9.17, 15) is 13.6 Å². The first-order valence-electron chi connectivity index (χ1n) is 5.57. The van der Waals surface area contributed by atoms with E-state index >= 15 is 0 Å². The van der Waals surface area contributed by atoms with E-state index in [0.29, 0.717) is 0 Å². The van der Waals surface area contributed by atoms with Crippen LogP contribution < -0.4 is 10.1 Å². The molecule has 1 fully saturated rings. The van der Waals surface area contributed by atoms with Gasteiger partial charge in [0.25, 0.3) is 0 Å². The molecular formula is C12H12F2N2O3. The third kappa shape index (κ3) is 2.49. The van der Waals surface area contributed by atoms with Gasteiger partial charge in [0.05, 0.1) is 19.2 Å². The molecule has 1 aliphatic rings. The van der Waals surface area contributed by atoms with E-state index in [1.54, 1.807) is 0 Å². The Kier molecular flexibility index (Phi) is 3.64. The van der Waals surface area contributed by atoms with Gasteiger partial charge in [0.15, 0.2) is 0 Å². The molecular weight excluding hydrogens is 258 g/mol. The van der Waals surface area contributed by atoms with Gasteiger partial charge in [0.1, 0.15) is 17.4 Å². The summed E-state index contributed by atoms with van der Waals surface area (Å²) >= 11 is 0. The topological polar surface area (TPSA) is 70.9 Å². The summed E-state index contributed by atoms with van der Waals surface area (Å²) in [6, 6.07) is 2.09. The molecule has 0 spiro atoms. The molecule has 0 saturated carbocycles. The maximum atomic E-state index is 13.9. The summed E-state index contributed by atoms with van der Waals surface area (Å²) < 4.78 is 32.6. The van der Waals surface area contributed by atoms with Gasteiger partial charge in [0.2, 0.25) is 5.91 Å². The maximum absolute atomic E-state index is 13.9. The van der Waals surface area contributed by atoms with Gasteiger partial charge >= 0.3 is 0 Å². The Morgan fingerprint density at radius 1 is 1.42 bits per heavy atom. The van der Waals surface area contributed by atoms with Gasteiger partial charge < -0.3 is 15.3 Å². The van der Waals surface area contributed by atoms with E-state index in [0.717, 1.165) is 12.1 Å². The Morgan fingerprint density at radius 3 is 2.58 bits per heavy atom. The van der Waals surface area contributed by atoms with Crippen molar-refractivity contribution in [2.75, 3.05) is 13.7 Å². The van der Waals surface area contributed by atoms with Crippen molar-refractivity contribution in [1.82, 2.24) is 5.32 Å². The highest BCUT2D eigenvalue weighted by Crippen LogP contribution is 2.29. The average Bonchev–Trinajstić information content (AvgIpc) is 2.39. The van der Waals surface area contributed by atoms with Crippen molar-refractivity contribution < 1.29 is 23.5 Å². The Labute approximate surface area is 107 Å². The van der Waals surface area contributed by atoms with E-state index in [2.05, 4.69) is 10.5 Å². The van der Waals surface area contributed by atoms with Crippen LogP contribution in [0, 0.1) is 11.6 Å². The molecule has 2 N–H and O–H groups in total. The number of oxime groups is 1. The van der Waals surface area contributed by atoms with Crippen molar-refractivity contribution in [3.05, 3.63) is 29.3 Å². The molecule has 1 atom stereocenters. The van der Waals surface area contributed by atoms with Crippen LogP contribution in [0.2, 0.25) is 0 Å². The molecule has 0 bridgehead atoms. The highest BCUT2D eigenvalue weighted by molar-refractivity contribution is 6.06. The van der Waals surface area contributed by atoms with Gasteiger partial charge in [-0.3, -0.25) is 4.79 Å². The molecule has 2 rings (SSSR count). The lowest BCUT2D eigenvalue weighted by molar-refractivity contribution is -0.120. The van der Waals surface area contributed by atoms with Crippen LogP contribution in [-0.4, -0.2) is 30.5 Å². The summed E-state index contributed by atoms with van der Waals surface area (Å²) in [6.07, 6.45) is -0.188. The lowest BCUT2D eigenvalue weighted by Crippen LogP contribution is -2.40. The quantitative estimate of drug-likeness (QED) is 0.630. The van der Waals surface area contributed by atoms with Crippen LogP contribution in [0.1, 0.15) is 17.9 Å². The zero-order chi connectivity index (χ0) is 14.0. The van der Waals surface area contributed by atoms with Crippen LogP contribution in [-0.2, 0) is 4.79 Å². The number of rotatable bonds is 2. The van der Waals surface area contributed by atoms with Gasteiger partial charge in [-0.15, -0.1) is 0 Å². The van der Waals surface area contributed by atoms with Crippen LogP contribution in [0.3, 0.4) is 0 Å². The zero-order valence-electron chi connectivity index (χ0n) is 10.1. The van der Waals surface area contributed by atoms with E-state index in [1.807, 2.05) is 0 Å². The smallest absolute Gasteiger partial charge is 0.225 e. The van der Waals surface area contributed by atoms with Crippen LogP contribution >= 0.6 is 0 Å². The Hall–Kier alpha value is -2.18. The van der Waals surface area contributed by atoms with Crippen molar-refractivity contribution in [1.29, 1.82) is 0 Å². The zero-order valence-corrected chi connectivity index (χ0v) is 10.1. The number of methoxy groups -OCH3 is 1. The lowest BCUT2D eigenvalue weighted by Gasteiger charge is -2.24. The molecule has 0 aliphatic carbocycles. The van der Waals surface area contributed by atoms with Crippen LogP contribution in [0.25, 0.3) is 0 Å². The van der Waals surface area contributed by atoms with Gasteiger partial charge in [-0.05, 0) is 0 Å². The monoisotopic (exact) mass is 270 g/mol. The molecule has 1 saturated heterocycles. The number of halogens is 2. The van der Waals surface area contributed by atoms with E-state index in [1.165, 1.54) is 7.11 Å². The largest absolute Gasteiger partial charge is 0.497 e. The van der Waals surface area contributed by atoms with E-state index in [-0.39, 0.29) is 35.9 Å². The molecule has 5 nitrogen and oxygen atoms in total. The molecule has 1 unspecified atom stereocenters. The molecule has 0 radical (unpaired) electrons. The number of hydrogen-bond donors (Lipinski definition) is 2. The highest BCUT2D eigenvalue weighted by atomic mass is 19.1. The first kappa shape index (κ1) is 13.3. The van der Waals surface area contributed by atoms with Gasteiger partial charge in [-0.25, -0.2) is 8.78 Å². The molecule has 19 heavy (non-hydrogen) atoms. The minimum atomic E-state index is -0.825. The molecule has 0 aromatic heterocycles. The minimum Gasteiger partial charge on any atom is -0.497 e. The van der Waals surface area contributed by atoms with Crippen molar-refractivity contribution in [3.8, 4) is 5.75 Å². The summed E-state index contributed by atoms with van der Waals surface area (Å²) in [5.74, 6) is -2.73. The predicted octanol–water partition coefficient (Wildman–Crippen LogP) is 1.41. The third-order valence-corrected chi connectivity index (χ3v) is 3.01. The normalized spacial score (nSPS) is 21.3. The minimum absolute atomic E-state index is 0.0155. The SMILES string of the molecule is COc1cc(F)c(C2CNC(=O)CC2=NO)c(F)c1. The fraction of sp³-hybridized carbons (Fsp3) is 0.333. The molecule has 7 heteroatoms. The standard InChI is InChI=1S/C12H12F2N2O3/c1-19-6-2-8(13)12(9(14)3-6)7-5-15-11(17)4-10(7)16-18/h2-3,7,18H,4-5H2,1H3,(H,15,17). The molecule has 1 aliphatic heterocycles. The number of ether oxygens (including phenoxy) is 1. The molecule has 1 aromatic carbocycles. The second-order valence-corrected chi connectivity index (χ2v) is 4.13. The van der Waals surface area contributed by atoms with Crippen molar-refractivity contribution in [3.63, 3.8) is 0 Å². The van der Waals surface area contributed by atoms with Gasteiger partial charge in [0, 0.05) is 30.2 Å². The number of nitrogens with zero attached hydrogens (tertiary/aromatic N) is 1. The maximum Gasteiger partial charge on any atom is 0.225 e. The summed E-state index contributed by atoms with van der Waals surface area (Å²) in [6.45, 7) is -0.0155. The van der Waals surface area contributed by atoms with E-state index < -0.39 is 17.6 Å². The fourth-order valence-corrected chi connectivity index (χ4v) is 2.07. The summed E-state index contributed by atoms with van der Waals surface area (Å²) in [5, 5.41) is 14.3. The second-order valence-electron chi connectivity index (χ2n) is 4.13. The summed E-state index contributed by atoms with van der Waals surface area (Å²) in [4.78, 5) is 11.2. The van der Waals surface area contributed by atoms with Crippen molar-refractivity contribution in [2.24, 2.45) is 5.16 Å². The van der Waals surface area contributed by atoms with E-state index in [4.69, 9.17) is 9.94 Å². The number of piperidine rings is 1. The molecule has 1 amide bonds. The van der Waals surface area contributed by atoms with Crippen LogP contribution in [0.5, 0.6) is 5.75 Å². The molecule has 102 valence electrons. The number of amides is 1. The Balaban J connectivity index is 2.44. The average molecular weight is 270 g/mol. The Bertz CT molecular complexity index is 523. The summed E-state index contributed by atoms with van der Waals surface area (Å²) in [5.41, 5.74) is -0.208. The van der Waals surface area contributed by atoms with Crippen LogP contribution in [0.4, 0.5) is 8.78 Å². The lowest BCUT2D eigenvalue weighted by atomic mass is 9.88. The second kappa shape index (κ2) is 5.21. The Morgan fingerprint density at radius 2 is 2.05 bits per heavy atom. The van der Waals surface area contributed by atoms with Gasteiger partial charge in [-0.1, -0.05) is 5.16 Å². The first-order chi connectivity index (χ1) is 9.06. The predicted molar refractivity (Wildman–Crippen MR) is 62.5 cm³/mol. The number of carbonyl (C=O) groups is 1. The number of nitrogens with one attached hydrogen (secondary N) is 1. The number of carbonyl (C=O) groups excluding carboxylic acids is 1. The molecule has 1 heterocycles. The number of hydrogen-bond acceptors (Lipinski definition) is 4. The third-order valence-electron chi connectivity index (χ3n) is 3.01. The van der Waals surface area contributed by atoms with Crippen LogP contribution in [0.15, 0.2) is 17.3 Å². The van der Waals surface area contributed by atoms with Crippen molar-refractivity contribution >= 4 is 11.6 Å². The van der Waals surface area contributed by atoms with Gasteiger partial charge in [-0.2, -0.15) is 0 Å². The first-order valence-corrected chi connectivity index (χ1v) is 5.57. The van der Waals surface area contributed by atoms with Crippen molar-refractivity contribution in [2.45, 2.75) is 12.3 Å².